The van der Waals surface area contributed by atoms with Crippen LogP contribution in [-0.4, -0.2) is 10.7 Å². The van der Waals surface area contributed by atoms with Gasteiger partial charge in [-0.3, -0.25) is 4.79 Å². The molecule has 0 saturated heterocycles. The van der Waals surface area contributed by atoms with E-state index >= 15 is 0 Å². The van der Waals surface area contributed by atoms with E-state index in [-0.39, 0.29) is 5.75 Å². The van der Waals surface area contributed by atoms with Gasteiger partial charge in [-0.25, -0.2) is 4.98 Å². The summed E-state index contributed by atoms with van der Waals surface area (Å²) >= 11 is 4.32. The Bertz CT molecular complexity index is 547. The fourth-order valence-corrected chi connectivity index (χ4v) is 1.72. The highest BCUT2D eigenvalue weighted by Crippen LogP contribution is 2.18. The Morgan fingerprint density at radius 3 is 1.76 bits per heavy atom. The number of rotatable bonds is 0. The molecule has 0 saturated carbocycles. The van der Waals surface area contributed by atoms with Crippen LogP contribution in [0.2, 0.25) is 0 Å². The molecule has 0 radical (unpaired) electrons. The van der Waals surface area contributed by atoms with E-state index in [1.807, 2.05) is 36.4 Å². The lowest BCUT2D eigenvalue weighted by molar-refractivity contribution is 0.569. The Kier molecular flexibility index (Phi) is 3.68. The molecule has 0 unspecified atom stereocenters. The van der Waals surface area contributed by atoms with Crippen LogP contribution in [0.3, 0.4) is 0 Å². The molecule has 0 N–H and O–H groups in total. The standard InChI is InChI=1S/C13H9N.CHClO/c1-3-7-12-10(5-1)9-11-6-2-4-8-13(11)14-12;2-1-3/h1-9H;1H. The highest BCUT2D eigenvalue weighted by Gasteiger charge is 1.96. The van der Waals surface area contributed by atoms with Crippen molar-refractivity contribution in [3.8, 4) is 0 Å². The van der Waals surface area contributed by atoms with E-state index < -0.39 is 0 Å². The molecule has 3 aromatic rings. The average Bonchev–Trinajstić information content (AvgIpc) is 2.37. The number of halogens is 1. The minimum Gasteiger partial charge on any atom is -0.285 e. The summed E-state index contributed by atoms with van der Waals surface area (Å²) in [6, 6.07) is 18.6. The molecule has 0 atom stereocenters. The number of carbonyl (C=O) groups excluding carboxylic acids is 1. The van der Waals surface area contributed by atoms with Gasteiger partial charge in [0.05, 0.1) is 11.0 Å². The summed E-state index contributed by atoms with van der Waals surface area (Å²) in [7, 11) is 0. The summed E-state index contributed by atoms with van der Waals surface area (Å²) in [6.07, 6.45) is 0. The molecule has 0 spiro atoms. The minimum absolute atomic E-state index is 0.222. The quantitative estimate of drug-likeness (QED) is 0.341. The number of carbonyl (C=O) groups is 1. The first-order valence-electron chi connectivity index (χ1n) is 5.13. The van der Waals surface area contributed by atoms with Crippen LogP contribution in [0.4, 0.5) is 0 Å². The number of pyridine rings is 1. The van der Waals surface area contributed by atoms with Crippen molar-refractivity contribution in [2.75, 3.05) is 0 Å². The Hall–Kier alpha value is -1.93. The van der Waals surface area contributed by atoms with Crippen molar-refractivity contribution in [2.24, 2.45) is 0 Å². The van der Waals surface area contributed by atoms with Crippen molar-refractivity contribution < 1.29 is 4.79 Å². The highest BCUT2D eigenvalue weighted by molar-refractivity contribution is 6.54. The topological polar surface area (TPSA) is 30.0 Å². The van der Waals surface area contributed by atoms with Gasteiger partial charge in [0.15, 0.2) is 0 Å². The summed E-state index contributed by atoms with van der Waals surface area (Å²) in [5.41, 5.74) is 2.12. The molecule has 0 aliphatic carbocycles. The zero-order valence-electron chi connectivity index (χ0n) is 9.01. The lowest BCUT2D eigenvalue weighted by atomic mass is 10.1. The van der Waals surface area contributed by atoms with Gasteiger partial charge in [-0.2, -0.15) is 0 Å². The molecule has 0 bridgehead atoms. The van der Waals surface area contributed by atoms with Gasteiger partial charge in [-0.05, 0) is 29.8 Å². The summed E-state index contributed by atoms with van der Waals surface area (Å²) < 4.78 is 0. The van der Waals surface area contributed by atoms with Gasteiger partial charge in [0.1, 0.15) is 0 Å². The van der Waals surface area contributed by atoms with Crippen LogP contribution in [0.15, 0.2) is 54.6 Å². The second kappa shape index (κ2) is 5.41. The predicted molar refractivity (Wildman–Crippen MR) is 71.9 cm³/mol. The molecule has 2 aromatic carbocycles. The van der Waals surface area contributed by atoms with E-state index in [1.165, 1.54) is 10.8 Å². The molecule has 2 nitrogen and oxygen atoms in total. The van der Waals surface area contributed by atoms with E-state index in [4.69, 9.17) is 4.79 Å². The van der Waals surface area contributed by atoms with Crippen molar-refractivity contribution in [3.05, 3.63) is 54.6 Å². The zero-order valence-corrected chi connectivity index (χ0v) is 9.76. The maximum atomic E-state index is 8.57. The van der Waals surface area contributed by atoms with Gasteiger partial charge in [0.25, 0.3) is 0 Å². The normalized spacial score (nSPS) is 9.71. The van der Waals surface area contributed by atoms with Crippen LogP contribution in [0, 0.1) is 0 Å². The molecule has 0 fully saturated rings. The molecular weight excluding hydrogens is 234 g/mol. The molecule has 3 heteroatoms. The van der Waals surface area contributed by atoms with Crippen molar-refractivity contribution in [2.45, 2.75) is 0 Å². The van der Waals surface area contributed by atoms with Crippen LogP contribution < -0.4 is 0 Å². The van der Waals surface area contributed by atoms with Crippen LogP contribution in [0.5, 0.6) is 0 Å². The molecule has 0 amide bonds. The van der Waals surface area contributed by atoms with E-state index in [0.717, 1.165) is 11.0 Å². The Balaban J connectivity index is 0.000000329. The molecule has 1 aromatic heterocycles. The van der Waals surface area contributed by atoms with Crippen LogP contribution in [0.25, 0.3) is 21.8 Å². The van der Waals surface area contributed by atoms with E-state index in [9.17, 15) is 0 Å². The number of aromatic nitrogens is 1. The summed E-state index contributed by atoms with van der Waals surface area (Å²) in [5.74, 6) is 0.222. The average molecular weight is 244 g/mol. The van der Waals surface area contributed by atoms with Gasteiger partial charge in [0, 0.05) is 10.8 Å². The smallest absolute Gasteiger partial charge is 0.208 e. The SMILES string of the molecule is O=CCl.c1ccc2nc3ccccc3cc2c1. The maximum absolute atomic E-state index is 8.57. The van der Waals surface area contributed by atoms with Gasteiger partial charge < -0.3 is 0 Å². The van der Waals surface area contributed by atoms with Crippen molar-refractivity contribution in [1.82, 2.24) is 4.98 Å². The zero-order chi connectivity index (χ0) is 12.1. The molecule has 0 aliphatic rings. The van der Waals surface area contributed by atoms with E-state index in [0.29, 0.717) is 0 Å². The number of para-hydroxylation sites is 2. The van der Waals surface area contributed by atoms with E-state index in [2.05, 4.69) is 34.8 Å². The monoisotopic (exact) mass is 243 g/mol. The van der Waals surface area contributed by atoms with Crippen LogP contribution in [-0.2, 0) is 4.79 Å². The highest BCUT2D eigenvalue weighted by atomic mass is 35.5. The Morgan fingerprint density at radius 1 is 0.882 bits per heavy atom. The van der Waals surface area contributed by atoms with Gasteiger partial charge in [-0.1, -0.05) is 36.4 Å². The van der Waals surface area contributed by atoms with Gasteiger partial charge in [0.2, 0.25) is 5.75 Å². The molecular formula is C14H10ClNO. The summed E-state index contributed by atoms with van der Waals surface area (Å²) in [4.78, 5) is 13.1. The molecule has 3 rings (SSSR count). The lowest BCUT2D eigenvalue weighted by Crippen LogP contribution is -1.80. The summed E-state index contributed by atoms with van der Waals surface area (Å²) in [5, 5.41) is 2.40. The van der Waals surface area contributed by atoms with Gasteiger partial charge in [-0.15, -0.1) is 0 Å². The van der Waals surface area contributed by atoms with Gasteiger partial charge >= 0.3 is 0 Å². The number of hydrogen-bond donors (Lipinski definition) is 0. The first-order valence-corrected chi connectivity index (χ1v) is 5.57. The second-order valence-electron chi connectivity index (χ2n) is 3.46. The molecule has 17 heavy (non-hydrogen) atoms. The fourth-order valence-electron chi connectivity index (χ4n) is 1.72. The number of nitrogens with zero attached hydrogens (tertiary/aromatic N) is 1. The second-order valence-corrected chi connectivity index (χ2v) is 3.64. The number of hydrogen-bond acceptors (Lipinski definition) is 2. The first-order chi connectivity index (χ1) is 8.35. The van der Waals surface area contributed by atoms with Crippen molar-refractivity contribution in [1.29, 1.82) is 0 Å². The minimum atomic E-state index is 0.222. The Morgan fingerprint density at radius 2 is 1.29 bits per heavy atom. The summed E-state index contributed by atoms with van der Waals surface area (Å²) in [6.45, 7) is 0. The van der Waals surface area contributed by atoms with E-state index in [1.54, 1.807) is 0 Å². The predicted octanol–water partition coefficient (Wildman–Crippen LogP) is 3.80. The molecule has 1 heterocycles. The molecule has 0 aliphatic heterocycles. The third-order valence-electron chi connectivity index (χ3n) is 2.43. The third kappa shape index (κ3) is 2.60. The largest absolute Gasteiger partial charge is 0.285 e. The van der Waals surface area contributed by atoms with Crippen molar-refractivity contribution in [3.63, 3.8) is 0 Å². The maximum Gasteiger partial charge on any atom is 0.208 e. The van der Waals surface area contributed by atoms with Crippen LogP contribution >= 0.6 is 11.6 Å². The fraction of sp³-hybridized carbons (Fsp3) is 0. The first kappa shape index (κ1) is 11.6. The number of fused-ring (bicyclic) bond motifs is 2. The van der Waals surface area contributed by atoms with Crippen molar-refractivity contribution >= 4 is 39.2 Å². The lowest BCUT2D eigenvalue weighted by Gasteiger charge is -1.99. The third-order valence-corrected chi connectivity index (χ3v) is 2.43. The Labute approximate surface area is 104 Å². The van der Waals surface area contributed by atoms with Crippen LogP contribution in [0.1, 0.15) is 0 Å². The molecule has 84 valence electrons. The number of benzene rings is 2.